The highest BCUT2D eigenvalue weighted by Crippen LogP contribution is 2.47. The lowest BCUT2D eigenvalue weighted by Crippen LogP contribution is -2.10. The molecule has 4 aromatic heterocycles. The number of benzene rings is 13. The Morgan fingerprint density at radius 1 is 0.269 bits per heavy atom. The maximum atomic E-state index is 5.79. The molecule has 0 spiro atoms. The Kier molecular flexibility index (Phi) is 13.4. The van der Waals surface area contributed by atoms with Crippen molar-refractivity contribution in [1.82, 2.24) is 27.8 Å². The number of fused-ring (bicyclic) bond motifs is 8. The van der Waals surface area contributed by atoms with Crippen LogP contribution in [0.3, 0.4) is 0 Å². The molecule has 0 atom stereocenters. The van der Waals surface area contributed by atoms with Crippen LogP contribution in [0.5, 0.6) is 0 Å². The molecule has 9 heteroatoms. The first-order valence-electron chi connectivity index (χ1n) is 31.5. The summed E-state index contributed by atoms with van der Waals surface area (Å²) in [6.07, 6.45) is 0. The standard InChI is InChI=1S/C84H60N8S/c1-53-25-45-73-69(49-53)70-50-54(2)26-46-74(70)91(73)67-41-37-65(38-42-67)89(61-21-13-7-14-22-61)63-33-29-57(30-34-63)77-81-82(86-80(60-19-11-6-12-20-60)79(85-81)59-17-9-5-10-18-59)78(84-83(77)87-93-88-84)58-31-35-64(36-32-58)90(62-23-15-8-16-24-62)66-39-43-68(44-40-66)92-75-47-27-55(3)51-71(75)72-52-56(4)28-48-76(72)92/h5-52H,1-4H3. The van der Waals surface area contributed by atoms with Gasteiger partial charge in [0, 0.05) is 89.3 Å². The second-order valence-electron chi connectivity index (χ2n) is 24.3. The fourth-order valence-corrected chi connectivity index (χ4v) is 14.4. The van der Waals surface area contributed by atoms with Crippen molar-refractivity contribution in [2.45, 2.75) is 27.7 Å². The Morgan fingerprint density at radius 3 is 0.860 bits per heavy atom. The molecule has 0 amide bonds. The zero-order chi connectivity index (χ0) is 62.3. The van der Waals surface area contributed by atoms with Gasteiger partial charge in [0.15, 0.2) is 0 Å². The Bertz CT molecular complexity index is 5220. The fourth-order valence-electron chi connectivity index (χ4n) is 13.8. The number of anilines is 6. The quantitative estimate of drug-likeness (QED) is 0.121. The summed E-state index contributed by atoms with van der Waals surface area (Å²) < 4.78 is 15.1. The van der Waals surface area contributed by atoms with E-state index in [1.54, 1.807) is 0 Å². The number of aromatic nitrogens is 6. The van der Waals surface area contributed by atoms with Gasteiger partial charge in [-0.15, -0.1) is 0 Å². The van der Waals surface area contributed by atoms with Crippen LogP contribution >= 0.6 is 11.7 Å². The Morgan fingerprint density at radius 2 is 0.548 bits per heavy atom. The normalized spacial score (nSPS) is 11.7. The summed E-state index contributed by atoms with van der Waals surface area (Å²) in [7, 11) is 0. The van der Waals surface area contributed by atoms with E-state index in [9.17, 15) is 0 Å². The maximum absolute atomic E-state index is 5.79. The first kappa shape index (κ1) is 55.3. The number of hydrogen-bond acceptors (Lipinski definition) is 7. The van der Waals surface area contributed by atoms with Crippen LogP contribution in [0.4, 0.5) is 34.1 Å². The van der Waals surface area contributed by atoms with Gasteiger partial charge in [0.25, 0.3) is 0 Å². The molecule has 0 aliphatic rings. The first-order valence-corrected chi connectivity index (χ1v) is 32.3. The number of aryl methyl sites for hydroxylation is 4. The molecule has 17 aromatic rings. The molecule has 93 heavy (non-hydrogen) atoms. The molecule has 8 nitrogen and oxygen atoms in total. The van der Waals surface area contributed by atoms with Gasteiger partial charge in [-0.05, 0) is 184 Å². The van der Waals surface area contributed by atoms with Gasteiger partial charge in [-0.1, -0.05) is 168 Å². The summed E-state index contributed by atoms with van der Waals surface area (Å²) in [6.45, 7) is 8.67. The molecule has 442 valence electrons. The second kappa shape index (κ2) is 22.6. The van der Waals surface area contributed by atoms with Gasteiger partial charge in [0.05, 0.1) is 45.2 Å². The minimum atomic E-state index is 0.742. The summed E-state index contributed by atoms with van der Waals surface area (Å²) in [5.74, 6) is 0. The molecular formula is C84H60N8S. The van der Waals surface area contributed by atoms with Crippen molar-refractivity contribution in [2.24, 2.45) is 0 Å². The van der Waals surface area contributed by atoms with Crippen LogP contribution in [-0.4, -0.2) is 27.8 Å². The molecule has 0 saturated heterocycles. The van der Waals surface area contributed by atoms with Gasteiger partial charge in [-0.3, -0.25) is 0 Å². The van der Waals surface area contributed by atoms with Gasteiger partial charge in [-0.25, -0.2) is 9.97 Å². The third kappa shape index (κ3) is 9.59. The summed E-state index contributed by atoms with van der Waals surface area (Å²) in [4.78, 5) is 16.2. The highest BCUT2D eigenvalue weighted by molar-refractivity contribution is 7.00. The average molecular weight is 1210 g/mol. The maximum Gasteiger partial charge on any atom is 0.115 e. The Labute approximate surface area is 543 Å². The summed E-state index contributed by atoms with van der Waals surface area (Å²) in [5, 5.41) is 5.04. The number of nitrogens with zero attached hydrogens (tertiary/aromatic N) is 8. The molecule has 0 aliphatic heterocycles. The molecule has 0 aliphatic carbocycles. The van der Waals surface area contributed by atoms with E-state index in [1.807, 2.05) is 12.1 Å². The van der Waals surface area contributed by atoms with Crippen LogP contribution in [0.2, 0.25) is 0 Å². The fraction of sp³-hybridized carbons (Fsp3) is 0.0476. The monoisotopic (exact) mass is 1210 g/mol. The third-order valence-corrected chi connectivity index (χ3v) is 18.7. The van der Waals surface area contributed by atoms with Crippen molar-refractivity contribution in [3.63, 3.8) is 0 Å². The minimum absolute atomic E-state index is 0.742. The van der Waals surface area contributed by atoms with Gasteiger partial charge in [0.1, 0.15) is 22.1 Å². The zero-order valence-electron chi connectivity index (χ0n) is 51.7. The van der Waals surface area contributed by atoms with Crippen LogP contribution in [0.15, 0.2) is 291 Å². The highest BCUT2D eigenvalue weighted by Gasteiger charge is 2.27. The molecule has 17 rings (SSSR count). The van der Waals surface area contributed by atoms with Crippen LogP contribution in [0, 0.1) is 27.7 Å². The zero-order valence-corrected chi connectivity index (χ0v) is 52.5. The summed E-state index contributed by atoms with van der Waals surface area (Å²) >= 11 is 1.22. The van der Waals surface area contributed by atoms with Crippen LogP contribution in [0.1, 0.15) is 22.3 Å². The molecule has 4 heterocycles. The van der Waals surface area contributed by atoms with E-state index in [4.69, 9.17) is 18.7 Å². The molecular weight excluding hydrogens is 1150 g/mol. The lowest BCUT2D eigenvalue weighted by molar-refractivity contribution is 1.17. The minimum Gasteiger partial charge on any atom is -0.311 e. The van der Waals surface area contributed by atoms with Crippen molar-refractivity contribution >= 4 is 112 Å². The third-order valence-electron chi connectivity index (χ3n) is 18.2. The van der Waals surface area contributed by atoms with Crippen molar-refractivity contribution in [1.29, 1.82) is 0 Å². The number of rotatable bonds is 12. The smallest absolute Gasteiger partial charge is 0.115 e. The van der Waals surface area contributed by atoms with E-state index in [-0.39, 0.29) is 0 Å². The molecule has 0 fully saturated rings. The summed E-state index contributed by atoms with van der Waals surface area (Å²) in [6, 6.07) is 105. The first-order chi connectivity index (χ1) is 45.8. The highest BCUT2D eigenvalue weighted by atomic mass is 32.1. The van der Waals surface area contributed by atoms with Crippen LogP contribution in [-0.2, 0) is 0 Å². The predicted molar refractivity (Wildman–Crippen MR) is 389 cm³/mol. The van der Waals surface area contributed by atoms with E-state index in [1.165, 1.54) is 77.6 Å². The van der Waals surface area contributed by atoms with Gasteiger partial charge in [-0.2, -0.15) is 8.75 Å². The van der Waals surface area contributed by atoms with Crippen molar-refractivity contribution in [3.05, 3.63) is 313 Å². The van der Waals surface area contributed by atoms with Gasteiger partial charge >= 0.3 is 0 Å². The Hall–Kier alpha value is -11.8. The molecule has 0 unspecified atom stereocenters. The SMILES string of the molecule is Cc1ccc2c(c1)c1cc(C)ccc1n2-c1ccc(N(c2ccccc2)c2ccc(-c3c4nsnc4c(-c4ccc(N(c5ccccc5)c5ccc(-n6c7ccc(C)cc7c7cc(C)ccc76)cc5)cc4)c4nc(-c5ccccc5)c(-c5ccccc5)nc34)cc2)cc1. The number of para-hydroxylation sites is 2. The topological polar surface area (TPSA) is 67.9 Å². The van der Waals surface area contributed by atoms with Gasteiger partial charge < -0.3 is 18.9 Å². The van der Waals surface area contributed by atoms with E-state index in [0.717, 1.165) is 112 Å². The van der Waals surface area contributed by atoms with Crippen molar-refractivity contribution in [3.8, 4) is 56.1 Å². The predicted octanol–water partition coefficient (Wildman–Crippen LogP) is 22.7. The average Bonchev–Trinajstić information content (AvgIpc) is 1.72. The second-order valence-corrected chi connectivity index (χ2v) is 24.8. The molecule has 0 N–H and O–H groups in total. The van der Waals surface area contributed by atoms with Crippen molar-refractivity contribution in [2.75, 3.05) is 9.80 Å². The largest absolute Gasteiger partial charge is 0.311 e. The molecule has 13 aromatic carbocycles. The van der Waals surface area contributed by atoms with E-state index in [2.05, 4.69) is 326 Å². The van der Waals surface area contributed by atoms with E-state index in [0.29, 0.717) is 0 Å². The van der Waals surface area contributed by atoms with Crippen molar-refractivity contribution < 1.29 is 0 Å². The molecule has 0 radical (unpaired) electrons. The van der Waals surface area contributed by atoms with E-state index < -0.39 is 0 Å². The Balaban J connectivity index is 0.791. The molecule has 0 bridgehead atoms. The molecule has 0 saturated carbocycles. The number of hydrogen-bond donors (Lipinski definition) is 0. The van der Waals surface area contributed by atoms with Crippen LogP contribution < -0.4 is 9.80 Å². The van der Waals surface area contributed by atoms with E-state index >= 15 is 0 Å². The lowest BCUT2D eigenvalue weighted by Gasteiger charge is -2.26. The summed E-state index contributed by atoms with van der Waals surface area (Å²) in [5.41, 5.74) is 28.3. The lowest BCUT2D eigenvalue weighted by atomic mass is 9.93. The van der Waals surface area contributed by atoms with Gasteiger partial charge in [0.2, 0.25) is 0 Å². The van der Waals surface area contributed by atoms with Crippen LogP contribution in [0.25, 0.3) is 122 Å².